The molecule has 0 spiro atoms. The summed E-state index contributed by atoms with van der Waals surface area (Å²) < 4.78 is 1.88. The number of hydrogen-bond donors (Lipinski definition) is 2. The molecule has 0 radical (unpaired) electrons. The molecule has 3 N–H and O–H groups in total. The lowest BCUT2D eigenvalue weighted by molar-refractivity contribution is -0.121. The van der Waals surface area contributed by atoms with Crippen LogP contribution in [-0.4, -0.2) is 27.5 Å². The highest BCUT2D eigenvalue weighted by atomic mass is 16.1. The predicted molar refractivity (Wildman–Crippen MR) is 67.4 cm³/mol. The zero-order valence-electron chi connectivity index (χ0n) is 10.6. The first-order valence-corrected chi connectivity index (χ1v) is 6.05. The van der Waals surface area contributed by atoms with Gasteiger partial charge in [-0.3, -0.25) is 4.79 Å². The molecule has 17 heavy (non-hydrogen) atoms. The molecule has 0 aliphatic rings. The van der Waals surface area contributed by atoms with Gasteiger partial charge in [0.05, 0.1) is 6.33 Å². The molecule has 0 aliphatic heterocycles. The lowest BCUT2D eigenvalue weighted by atomic mass is 9.98. The van der Waals surface area contributed by atoms with E-state index in [-0.39, 0.29) is 11.4 Å². The zero-order chi connectivity index (χ0) is 12.7. The summed E-state index contributed by atoms with van der Waals surface area (Å²) in [4.78, 5) is 15.5. The van der Waals surface area contributed by atoms with Gasteiger partial charge in [0.15, 0.2) is 0 Å². The van der Waals surface area contributed by atoms with Crippen molar-refractivity contribution in [2.45, 2.75) is 45.2 Å². The van der Waals surface area contributed by atoms with Crippen LogP contribution in [0.4, 0.5) is 0 Å². The zero-order valence-corrected chi connectivity index (χ0v) is 10.6. The predicted octanol–water partition coefficient (Wildman–Crippen LogP) is 0.907. The molecule has 0 aromatic carbocycles. The molecule has 0 bridgehead atoms. The number of nitrogens with two attached hydrogens (primary N) is 1. The monoisotopic (exact) mass is 238 g/mol. The van der Waals surface area contributed by atoms with E-state index in [0.29, 0.717) is 19.5 Å². The number of amides is 1. The van der Waals surface area contributed by atoms with Crippen LogP contribution < -0.4 is 11.1 Å². The van der Waals surface area contributed by atoms with Crippen LogP contribution in [0.25, 0.3) is 0 Å². The van der Waals surface area contributed by atoms with Crippen molar-refractivity contribution >= 4 is 5.91 Å². The second-order valence-electron chi connectivity index (χ2n) is 4.73. The van der Waals surface area contributed by atoms with Crippen molar-refractivity contribution in [3.05, 3.63) is 18.7 Å². The number of hydrogen-bond acceptors (Lipinski definition) is 3. The highest BCUT2D eigenvalue weighted by molar-refractivity contribution is 5.75. The van der Waals surface area contributed by atoms with E-state index in [2.05, 4.69) is 17.2 Å². The highest BCUT2D eigenvalue weighted by Crippen LogP contribution is 2.06. The van der Waals surface area contributed by atoms with Gasteiger partial charge in [-0.15, -0.1) is 0 Å². The minimum Gasteiger partial charge on any atom is -0.354 e. The van der Waals surface area contributed by atoms with Crippen molar-refractivity contribution in [1.29, 1.82) is 0 Å². The van der Waals surface area contributed by atoms with Crippen molar-refractivity contribution < 1.29 is 4.79 Å². The molecule has 1 aromatic heterocycles. The van der Waals surface area contributed by atoms with Gasteiger partial charge >= 0.3 is 0 Å². The number of nitrogens with one attached hydrogen (secondary N) is 1. The summed E-state index contributed by atoms with van der Waals surface area (Å²) in [5.41, 5.74) is 5.73. The summed E-state index contributed by atoms with van der Waals surface area (Å²) in [6, 6.07) is 0. The summed E-state index contributed by atoms with van der Waals surface area (Å²) in [6.45, 7) is 5.24. The third-order valence-corrected chi connectivity index (χ3v) is 2.67. The van der Waals surface area contributed by atoms with E-state index in [1.165, 1.54) is 0 Å². The number of imidazole rings is 1. The molecular weight excluding hydrogens is 216 g/mol. The molecule has 1 heterocycles. The first-order valence-electron chi connectivity index (χ1n) is 6.05. The molecule has 0 unspecified atom stereocenters. The molecule has 96 valence electrons. The summed E-state index contributed by atoms with van der Waals surface area (Å²) in [6.07, 6.45) is 7.65. The third kappa shape index (κ3) is 5.49. The minimum atomic E-state index is -0.306. The van der Waals surface area contributed by atoms with Crippen LogP contribution in [0.5, 0.6) is 0 Å². The average molecular weight is 238 g/mol. The fourth-order valence-corrected chi connectivity index (χ4v) is 1.70. The molecule has 5 nitrogen and oxygen atoms in total. The standard InChI is InChI=1S/C12H22N4O/c1-3-5-12(2,13)9-15-11(17)4-7-16-8-6-14-10-16/h6,8,10H,3-5,7,9,13H2,1-2H3,(H,15,17)/t12-/m0/s1. The van der Waals surface area contributed by atoms with E-state index in [1.807, 2.05) is 17.7 Å². The first-order chi connectivity index (χ1) is 8.03. The molecular formula is C12H22N4O. The van der Waals surface area contributed by atoms with Crippen molar-refractivity contribution in [3.8, 4) is 0 Å². The normalized spacial score (nSPS) is 14.3. The topological polar surface area (TPSA) is 72.9 Å². The Kier molecular flexibility index (Phi) is 5.15. The quantitative estimate of drug-likeness (QED) is 0.741. The lowest BCUT2D eigenvalue weighted by Crippen LogP contribution is -2.47. The van der Waals surface area contributed by atoms with Gasteiger partial charge in [0.25, 0.3) is 0 Å². The molecule has 1 amide bonds. The SMILES string of the molecule is CCC[C@](C)(N)CNC(=O)CCn1ccnc1. The van der Waals surface area contributed by atoms with E-state index in [9.17, 15) is 4.79 Å². The molecule has 1 atom stereocenters. The largest absolute Gasteiger partial charge is 0.354 e. The van der Waals surface area contributed by atoms with E-state index in [4.69, 9.17) is 5.73 Å². The van der Waals surface area contributed by atoms with Crippen LogP contribution >= 0.6 is 0 Å². The van der Waals surface area contributed by atoms with E-state index in [1.54, 1.807) is 12.5 Å². The Morgan fingerprint density at radius 1 is 1.59 bits per heavy atom. The first kappa shape index (κ1) is 13.7. The average Bonchev–Trinajstić information content (AvgIpc) is 2.76. The third-order valence-electron chi connectivity index (χ3n) is 2.67. The van der Waals surface area contributed by atoms with Crippen LogP contribution in [0, 0.1) is 0 Å². The van der Waals surface area contributed by atoms with E-state index < -0.39 is 0 Å². The Morgan fingerprint density at radius 3 is 2.94 bits per heavy atom. The second-order valence-corrected chi connectivity index (χ2v) is 4.73. The molecule has 0 aliphatic carbocycles. The van der Waals surface area contributed by atoms with E-state index >= 15 is 0 Å². The van der Waals surface area contributed by atoms with Crippen LogP contribution in [0.1, 0.15) is 33.1 Å². The summed E-state index contributed by atoms with van der Waals surface area (Å²) in [7, 11) is 0. The second kappa shape index (κ2) is 6.39. The van der Waals surface area contributed by atoms with E-state index in [0.717, 1.165) is 12.8 Å². The number of rotatable bonds is 7. The van der Waals surface area contributed by atoms with Crippen molar-refractivity contribution in [1.82, 2.24) is 14.9 Å². The summed E-state index contributed by atoms with van der Waals surface area (Å²) in [5, 5.41) is 2.87. The van der Waals surface area contributed by atoms with Gasteiger partial charge in [0.2, 0.25) is 5.91 Å². The minimum absolute atomic E-state index is 0.0338. The fourth-order valence-electron chi connectivity index (χ4n) is 1.70. The highest BCUT2D eigenvalue weighted by Gasteiger charge is 2.17. The van der Waals surface area contributed by atoms with Gasteiger partial charge in [0.1, 0.15) is 0 Å². The number of nitrogens with zero attached hydrogens (tertiary/aromatic N) is 2. The molecule has 0 saturated carbocycles. The molecule has 1 aromatic rings. The van der Waals surface area contributed by atoms with Crippen LogP contribution in [-0.2, 0) is 11.3 Å². The van der Waals surface area contributed by atoms with Gasteiger partial charge in [-0.05, 0) is 13.3 Å². The fraction of sp³-hybridized carbons (Fsp3) is 0.667. The maximum atomic E-state index is 11.6. The molecule has 1 rings (SSSR count). The lowest BCUT2D eigenvalue weighted by Gasteiger charge is -2.24. The summed E-state index contributed by atoms with van der Waals surface area (Å²) >= 11 is 0. The maximum Gasteiger partial charge on any atom is 0.221 e. The van der Waals surface area contributed by atoms with Gasteiger partial charge in [-0.2, -0.15) is 0 Å². The Bertz CT molecular complexity index is 332. The van der Waals surface area contributed by atoms with Gasteiger partial charge in [0, 0.05) is 37.4 Å². The molecule has 0 fully saturated rings. The summed E-state index contributed by atoms with van der Waals surface area (Å²) in [5.74, 6) is 0.0338. The van der Waals surface area contributed by atoms with Gasteiger partial charge in [-0.1, -0.05) is 13.3 Å². The van der Waals surface area contributed by atoms with Crippen molar-refractivity contribution in [2.24, 2.45) is 5.73 Å². The number of aromatic nitrogens is 2. The number of aryl methyl sites for hydroxylation is 1. The smallest absolute Gasteiger partial charge is 0.221 e. The van der Waals surface area contributed by atoms with Crippen molar-refractivity contribution in [2.75, 3.05) is 6.54 Å². The maximum absolute atomic E-state index is 11.6. The Labute approximate surface area is 102 Å². The van der Waals surface area contributed by atoms with Crippen molar-refractivity contribution in [3.63, 3.8) is 0 Å². The Hall–Kier alpha value is -1.36. The molecule has 5 heteroatoms. The Morgan fingerprint density at radius 2 is 2.35 bits per heavy atom. The van der Waals surface area contributed by atoms with Crippen LogP contribution in [0.3, 0.4) is 0 Å². The molecule has 0 saturated heterocycles. The number of carbonyl (C=O) groups excluding carboxylic acids is 1. The Balaban J connectivity index is 2.21. The number of carbonyl (C=O) groups is 1. The van der Waals surface area contributed by atoms with Crippen LogP contribution in [0.2, 0.25) is 0 Å². The van der Waals surface area contributed by atoms with Gasteiger partial charge < -0.3 is 15.6 Å². The van der Waals surface area contributed by atoms with Gasteiger partial charge in [-0.25, -0.2) is 4.98 Å². The van der Waals surface area contributed by atoms with Crippen LogP contribution in [0.15, 0.2) is 18.7 Å².